The van der Waals surface area contributed by atoms with Gasteiger partial charge >= 0.3 is 0 Å². The summed E-state index contributed by atoms with van der Waals surface area (Å²) in [6.45, 7) is 5.38. The molecular formula is C11H19NO3. The highest BCUT2D eigenvalue weighted by Gasteiger charge is 2.44. The molecule has 0 bridgehead atoms. The second-order valence-corrected chi connectivity index (χ2v) is 5.16. The first kappa shape index (κ1) is 10.9. The van der Waals surface area contributed by atoms with Gasteiger partial charge in [-0.1, -0.05) is 0 Å². The van der Waals surface area contributed by atoms with E-state index in [2.05, 4.69) is 0 Å². The quantitative estimate of drug-likeness (QED) is 0.691. The second-order valence-electron chi connectivity index (χ2n) is 5.16. The number of rotatable bonds is 1. The minimum atomic E-state index is -0.718. The molecule has 0 aliphatic carbocycles. The van der Waals surface area contributed by atoms with Gasteiger partial charge in [0.25, 0.3) is 5.91 Å². The summed E-state index contributed by atoms with van der Waals surface area (Å²) in [6.07, 6.45) is 2.41. The highest BCUT2D eigenvalue weighted by Crippen LogP contribution is 2.30. The Labute approximate surface area is 90.2 Å². The van der Waals surface area contributed by atoms with E-state index >= 15 is 0 Å². The molecule has 1 amide bonds. The molecule has 4 heteroatoms. The zero-order valence-electron chi connectivity index (χ0n) is 9.45. The number of hydrogen-bond acceptors (Lipinski definition) is 3. The molecule has 2 rings (SSSR count). The van der Waals surface area contributed by atoms with Crippen molar-refractivity contribution in [2.75, 3.05) is 19.7 Å². The second kappa shape index (κ2) is 3.46. The number of likely N-dealkylation sites (tertiary alicyclic amines) is 1. The van der Waals surface area contributed by atoms with Crippen LogP contribution >= 0.6 is 0 Å². The molecule has 2 atom stereocenters. The Kier molecular flexibility index (Phi) is 2.51. The van der Waals surface area contributed by atoms with E-state index in [4.69, 9.17) is 4.74 Å². The molecule has 2 unspecified atom stereocenters. The van der Waals surface area contributed by atoms with Crippen molar-refractivity contribution in [3.8, 4) is 0 Å². The predicted octanol–water partition coefficient (Wildman–Crippen LogP) is 0.539. The van der Waals surface area contributed by atoms with Gasteiger partial charge in [0.05, 0.1) is 5.60 Å². The monoisotopic (exact) mass is 213 g/mol. The number of nitrogens with zero attached hydrogens (tertiary/aromatic N) is 1. The molecule has 2 fully saturated rings. The minimum absolute atomic E-state index is 0.0396. The molecule has 2 aliphatic heterocycles. The standard InChI is InChI=1S/C11H19NO3/c1-10(14)5-6-12(8-10)9(13)11(2)4-3-7-15-11/h14H,3-8H2,1-2H3. The summed E-state index contributed by atoms with van der Waals surface area (Å²) >= 11 is 0. The molecule has 0 aromatic carbocycles. The van der Waals surface area contributed by atoms with Gasteiger partial charge in [0.2, 0.25) is 0 Å². The van der Waals surface area contributed by atoms with Crippen LogP contribution in [-0.2, 0) is 9.53 Å². The SMILES string of the molecule is CC1(O)CCN(C(=O)C2(C)CCCO2)C1. The topological polar surface area (TPSA) is 49.8 Å². The number of carbonyl (C=O) groups is 1. The fourth-order valence-corrected chi connectivity index (χ4v) is 2.40. The van der Waals surface area contributed by atoms with Gasteiger partial charge in [-0.3, -0.25) is 4.79 Å². The zero-order chi connectivity index (χ0) is 11.1. The molecule has 0 saturated carbocycles. The van der Waals surface area contributed by atoms with Crippen LogP contribution < -0.4 is 0 Å². The lowest BCUT2D eigenvalue weighted by molar-refractivity contribution is -0.150. The van der Waals surface area contributed by atoms with Crippen molar-refractivity contribution < 1.29 is 14.6 Å². The molecule has 2 aliphatic rings. The van der Waals surface area contributed by atoms with Gasteiger partial charge in [-0.25, -0.2) is 0 Å². The predicted molar refractivity (Wildman–Crippen MR) is 55.4 cm³/mol. The van der Waals surface area contributed by atoms with Crippen LogP contribution in [0.2, 0.25) is 0 Å². The largest absolute Gasteiger partial charge is 0.388 e. The van der Waals surface area contributed by atoms with Gasteiger partial charge in [0.1, 0.15) is 5.60 Å². The summed E-state index contributed by atoms with van der Waals surface area (Å²) in [5.74, 6) is 0.0396. The summed E-state index contributed by atoms with van der Waals surface area (Å²) in [6, 6.07) is 0. The van der Waals surface area contributed by atoms with Crippen molar-refractivity contribution in [2.45, 2.75) is 44.3 Å². The molecule has 0 aromatic rings. The Bertz CT molecular complexity index is 269. The third-order valence-corrected chi connectivity index (χ3v) is 3.41. The first-order valence-corrected chi connectivity index (χ1v) is 5.59. The highest BCUT2D eigenvalue weighted by molar-refractivity contribution is 5.85. The smallest absolute Gasteiger partial charge is 0.254 e. The Morgan fingerprint density at radius 1 is 1.40 bits per heavy atom. The summed E-state index contributed by atoms with van der Waals surface area (Å²) in [7, 11) is 0. The number of amides is 1. The normalized spacial score (nSPS) is 41.1. The molecule has 2 heterocycles. The third-order valence-electron chi connectivity index (χ3n) is 3.41. The van der Waals surface area contributed by atoms with Crippen LogP contribution in [-0.4, -0.2) is 46.8 Å². The maximum absolute atomic E-state index is 12.1. The fourth-order valence-electron chi connectivity index (χ4n) is 2.40. The van der Waals surface area contributed by atoms with Crippen molar-refractivity contribution in [2.24, 2.45) is 0 Å². The van der Waals surface area contributed by atoms with E-state index in [1.54, 1.807) is 11.8 Å². The lowest BCUT2D eigenvalue weighted by atomic mass is 10.0. The van der Waals surface area contributed by atoms with Crippen molar-refractivity contribution in [3.05, 3.63) is 0 Å². The van der Waals surface area contributed by atoms with Crippen LogP contribution in [0.4, 0.5) is 0 Å². The van der Waals surface area contributed by atoms with Crippen molar-refractivity contribution in [1.82, 2.24) is 4.90 Å². The summed E-state index contributed by atoms with van der Waals surface area (Å²) < 4.78 is 5.51. The summed E-state index contributed by atoms with van der Waals surface area (Å²) in [5, 5.41) is 9.81. The Morgan fingerprint density at radius 3 is 2.60 bits per heavy atom. The molecule has 0 spiro atoms. The molecular weight excluding hydrogens is 194 g/mol. The van der Waals surface area contributed by atoms with Gasteiger partial charge in [-0.05, 0) is 33.1 Å². The van der Waals surface area contributed by atoms with Crippen molar-refractivity contribution >= 4 is 5.91 Å². The van der Waals surface area contributed by atoms with Gasteiger partial charge in [0.15, 0.2) is 0 Å². The average Bonchev–Trinajstić information content (AvgIpc) is 2.72. The molecule has 4 nitrogen and oxygen atoms in total. The number of aliphatic hydroxyl groups is 1. The lowest BCUT2D eigenvalue weighted by Crippen LogP contribution is -2.46. The Morgan fingerprint density at radius 2 is 2.13 bits per heavy atom. The minimum Gasteiger partial charge on any atom is -0.388 e. The van der Waals surface area contributed by atoms with E-state index in [9.17, 15) is 9.90 Å². The van der Waals surface area contributed by atoms with Crippen LogP contribution in [0.1, 0.15) is 33.1 Å². The molecule has 15 heavy (non-hydrogen) atoms. The van der Waals surface area contributed by atoms with Crippen molar-refractivity contribution in [1.29, 1.82) is 0 Å². The van der Waals surface area contributed by atoms with Crippen LogP contribution in [0.5, 0.6) is 0 Å². The van der Waals surface area contributed by atoms with Crippen molar-refractivity contribution in [3.63, 3.8) is 0 Å². The maximum Gasteiger partial charge on any atom is 0.254 e. The maximum atomic E-state index is 12.1. The lowest BCUT2D eigenvalue weighted by Gasteiger charge is -2.28. The first-order valence-electron chi connectivity index (χ1n) is 5.59. The van der Waals surface area contributed by atoms with Crippen LogP contribution in [0.25, 0.3) is 0 Å². The third kappa shape index (κ3) is 2.01. The van der Waals surface area contributed by atoms with Gasteiger partial charge in [0, 0.05) is 19.7 Å². The van der Waals surface area contributed by atoms with Crippen LogP contribution in [0.15, 0.2) is 0 Å². The molecule has 0 radical (unpaired) electrons. The number of ether oxygens (including phenoxy) is 1. The van der Waals surface area contributed by atoms with Gasteiger partial charge < -0.3 is 14.7 Å². The van der Waals surface area contributed by atoms with E-state index in [1.165, 1.54) is 0 Å². The molecule has 1 N–H and O–H groups in total. The van der Waals surface area contributed by atoms with E-state index < -0.39 is 11.2 Å². The van der Waals surface area contributed by atoms with Gasteiger partial charge in [-0.2, -0.15) is 0 Å². The Hall–Kier alpha value is -0.610. The summed E-state index contributed by atoms with van der Waals surface area (Å²) in [4.78, 5) is 13.9. The fraction of sp³-hybridized carbons (Fsp3) is 0.909. The van der Waals surface area contributed by atoms with E-state index in [-0.39, 0.29) is 5.91 Å². The number of carbonyl (C=O) groups excluding carboxylic acids is 1. The first-order chi connectivity index (χ1) is 6.93. The number of β-amino-alcohol motifs (C(OH)–C–C–N with tert-alkyl or cyclic N) is 1. The van der Waals surface area contributed by atoms with E-state index in [0.717, 1.165) is 12.8 Å². The Balaban J connectivity index is 2.03. The van der Waals surface area contributed by atoms with E-state index in [1.807, 2.05) is 6.92 Å². The summed E-state index contributed by atoms with van der Waals surface area (Å²) in [5.41, 5.74) is -1.36. The average molecular weight is 213 g/mol. The van der Waals surface area contributed by atoms with Crippen LogP contribution in [0, 0.1) is 0 Å². The highest BCUT2D eigenvalue weighted by atomic mass is 16.5. The molecule has 86 valence electrons. The van der Waals surface area contributed by atoms with E-state index in [0.29, 0.717) is 26.1 Å². The van der Waals surface area contributed by atoms with Crippen LogP contribution in [0.3, 0.4) is 0 Å². The van der Waals surface area contributed by atoms with Gasteiger partial charge in [-0.15, -0.1) is 0 Å². The zero-order valence-corrected chi connectivity index (χ0v) is 9.45. The molecule has 0 aromatic heterocycles. The molecule has 2 saturated heterocycles. The number of hydrogen-bond donors (Lipinski definition) is 1.